The topological polar surface area (TPSA) is 123 Å². The van der Waals surface area contributed by atoms with Crippen LogP contribution >= 0.6 is 0 Å². The van der Waals surface area contributed by atoms with Crippen LogP contribution in [0.4, 0.5) is 5.82 Å². The van der Waals surface area contributed by atoms with Gasteiger partial charge in [-0.25, -0.2) is 4.98 Å². The summed E-state index contributed by atoms with van der Waals surface area (Å²) in [7, 11) is 0. The maximum absolute atomic E-state index is 13.4. The molecule has 2 aromatic heterocycles. The largest absolute Gasteiger partial charge is 0.364 e. The number of likely N-dealkylation sites (tertiary alicyclic amines) is 1. The lowest BCUT2D eigenvalue weighted by atomic mass is 9.97. The zero-order valence-electron chi connectivity index (χ0n) is 17.8. The van der Waals surface area contributed by atoms with Gasteiger partial charge in [-0.05, 0) is 43.4 Å². The van der Waals surface area contributed by atoms with E-state index in [1.54, 1.807) is 47.4 Å². The van der Waals surface area contributed by atoms with Gasteiger partial charge in [-0.3, -0.25) is 19.1 Å². The first-order valence-corrected chi connectivity index (χ1v) is 10.8. The fourth-order valence-electron chi connectivity index (χ4n) is 5.11. The number of carbonyl (C=O) groups excluding carboxylic acids is 3. The van der Waals surface area contributed by atoms with Crippen molar-refractivity contribution < 1.29 is 14.4 Å². The van der Waals surface area contributed by atoms with Gasteiger partial charge in [-0.1, -0.05) is 30.2 Å². The molecule has 3 atom stereocenters. The van der Waals surface area contributed by atoms with Gasteiger partial charge in [0, 0.05) is 11.4 Å². The lowest BCUT2D eigenvalue weighted by molar-refractivity contribution is -0.141. The monoisotopic (exact) mass is 442 g/mol. The maximum atomic E-state index is 13.4. The minimum absolute atomic E-state index is 0.000638. The number of pyridine rings is 1. The molecular formula is C24H22N6O3. The van der Waals surface area contributed by atoms with Gasteiger partial charge in [0.05, 0.1) is 5.52 Å². The van der Waals surface area contributed by atoms with Crippen molar-refractivity contribution in [3.05, 3.63) is 53.9 Å². The van der Waals surface area contributed by atoms with E-state index in [-0.39, 0.29) is 36.0 Å². The number of hydrogen-bond acceptors (Lipinski definition) is 5. The molecule has 3 heterocycles. The molecule has 1 aliphatic heterocycles. The summed E-state index contributed by atoms with van der Waals surface area (Å²) in [6, 6.07) is 11.6. The second-order valence-corrected chi connectivity index (χ2v) is 8.40. The van der Waals surface area contributed by atoms with E-state index in [1.165, 1.54) is 4.68 Å². The molecule has 33 heavy (non-hydrogen) atoms. The smallest absolute Gasteiger partial charge is 0.269 e. The molecule has 9 nitrogen and oxygen atoms in total. The third-order valence-corrected chi connectivity index (χ3v) is 6.47. The molecule has 0 radical (unpaired) electrons. The molecule has 1 saturated carbocycles. The molecule has 1 saturated heterocycles. The molecule has 5 rings (SSSR count). The van der Waals surface area contributed by atoms with Gasteiger partial charge >= 0.3 is 0 Å². The van der Waals surface area contributed by atoms with Crippen LogP contribution in [0.2, 0.25) is 0 Å². The number of terminal acetylenes is 1. The molecule has 3 amide bonds. The van der Waals surface area contributed by atoms with Crippen LogP contribution in [0, 0.1) is 18.3 Å². The average molecular weight is 442 g/mol. The van der Waals surface area contributed by atoms with E-state index in [0.717, 1.165) is 19.3 Å². The van der Waals surface area contributed by atoms with Crippen LogP contribution in [0.5, 0.6) is 0 Å². The molecule has 2 fully saturated rings. The predicted molar refractivity (Wildman–Crippen MR) is 121 cm³/mol. The van der Waals surface area contributed by atoms with Crippen molar-refractivity contribution in [2.24, 2.45) is 11.7 Å². The van der Waals surface area contributed by atoms with E-state index in [1.807, 2.05) is 0 Å². The molecule has 2 aliphatic rings. The Labute approximate surface area is 189 Å². The number of aromatic nitrogens is 3. The minimum Gasteiger partial charge on any atom is -0.364 e. The van der Waals surface area contributed by atoms with E-state index in [9.17, 15) is 14.4 Å². The summed E-state index contributed by atoms with van der Waals surface area (Å²) in [5.74, 6) is 1.73. The molecular weight excluding hydrogens is 420 g/mol. The van der Waals surface area contributed by atoms with E-state index in [4.69, 9.17) is 12.2 Å². The third kappa shape index (κ3) is 3.59. The van der Waals surface area contributed by atoms with E-state index < -0.39 is 11.9 Å². The Morgan fingerprint density at radius 2 is 1.97 bits per heavy atom. The summed E-state index contributed by atoms with van der Waals surface area (Å²) in [5.41, 5.74) is 6.65. The number of anilines is 1. The summed E-state index contributed by atoms with van der Waals surface area (Å²) in [6.45, 7) is -0.0916. The van der Waals surface area contributed by atoms with Gasteiger partial charge in [0.1, 0.15) is 24.1 Å². The van der Waals surface area contributed by atoms with Crippen LogP contribution in [0.25, 0.3) is 10.9 Å². The highest BCUT2D eigenvalue weighted by molar-refractivity contribution is 6.04. The van der Waals surface area contributed by atoms with Crippen LogP contribution in [0.15, 0.2) is 42.5 Å². The molecule has 3 aromatic rings. The van der Waals surface area contributed by atoms with Crippen LogP contribution in [-0.2, 0) is 16.1 Å². The molecule has 1 aromatic carbocycles. The summed E-state index contributed by atoms with van der Waals surface area (Å²) in [6.07, 6.45) is 7.93. The second-order valence-electron chi connectivity index (χ2n) is 8.40. The van der Waals surface area contributed by atoms with Crippen molar-refractivity contribution in [3.8, 4) is 12.3 Å². The second kappa shape index (κ2) is 8.06. The highest BCUT2D eigenvalue weighted by Gasteiger charge is 2.51. The van der Waals surface area contributed by atoms with Crippen molar-refractivity contribution in [1.29, 1.82) is 0 Å². The fourth-order valence-corrected chi connectivity index (χ4v) is 5.11. The number of nitrogens with zero attached hydrogens (tertiary/aromatic N) is 4. The first-order valence-electron chi connectivity index (χ1n) is 10.8. The number of nitrogens with two attached hydrogens (primary N) is 1. The van der Waals surface area contributed by atoms with Crippen molar-refractivity contribution in [1.82, 2.24) is 19.7 Å². The molecule has 9 heteroatoms. The van der Waals surface area contributed by atoms with Gasteiger partial charge < -0.3 is 16.0 Å². The quantitative estimate of drug-likeness (QED) is 0.580. The summed E-state index contributed by atoms with van der Waals surface area (Å²) in [5, 5.41) is 7.69. The number of piperidine rings is 1. The Morgan fingerprint density at radius 1 is 1.15 bits per heavy atom. The number of benzene rings is 1. The first-order chi connectivity index (χ1) is 16.0. The fraction of sp³-hybridized carbons (Fsp3) is 0.292. The number of hydrogen-bond donors (Lipinski definition) is 2. The number of amides is 3. The highest BCUT2D eigenvalue weighted by Crippen LogP contribution is 2.43. The van der Waals surface area contributed by atoms with Crippen LogP contribution in [-0.4, -0.2) is 49.5 Å². The summed E-state index contributed by atoms with van der Waals surface area (Å²) < 4.78 is 1.48. The van der Waals surface area contributed by atoms with Gasteiger partial charge in [0.15, 0.2) is 5.69 Å². The Hall–Kier alpha value is -4.19. The lowest BCUT2D eigenvalue weighted by Gasteiger charge is -2.34. The van der Waals surface area contributed by atoms with Crippen molar-refractivity contribution in [2.45, 2.75) is 37.9 Å². The number of carbonyl (C=O) groups is 3. The van der Waals surface area contributed by atoms with E-state index in [2.05, 4.69) is 21.3 Å². The normalized spacial score (nSPS) is 21.2. The standard InChI is InChI=1S/C24H22N6O3/c1-2-15-6-5-9-19(26-15)27-24(33)22-14-10-11-16(12-14)30(22)20(31)13-29-18-8-4-3-7-17(18)21(28-29)23(25)32/h1,3-9,14,16,22H,10-13H2,(H2,25,32)(H,26,27,33)/t14-,16+,22-/m0/s1. The predicted octanol–water partition coefficient (Wildman–Crippen LogP) is 1.53. The molecule has 3 N–H and O–H groups in total. The number of fused-ring (bicyclic) bond motifs is 3. The Balaban J connectivity index is 1.40. The van der Waals surface area contributed by atoms with E-state index >= 15 is 0 Å². The van der Waals surface area contributed by atoms with Gasteiger partial charge in [0.25, 0.3) is 5.91 Å². The molecule has 2 bridgehead atoms. The Bertz CT molecular complexity index is 1320. The van der Waals surface area contributed by atoms with Gasteiger partial charge in [0.2, 0.25) is 11.8 Å². The van der Waals surface area contributed by atoms with Crippen molar-refractivity contribution in [2.75, 3.05) is 5.32 Å². The molecule has 0 spiro atoms. The number of rotatable bonds is 5. The lowest BCUT2D eigenvalue weighted by Crippen LogP contribution is -2.52. The molecule has 166 valence electrons. The van der Waals surface area contributed by atoms with Crippen LogP contribution in [0.3, 0.4) is 0 Å². The van der Waals surface area contributed by atoms with E-state index in [0.29, 0.717) is 22.4 Å². The zero-order valence-corrected chi connectivity index (χ0v) is 17.8. The zero-order chi connectivity index (χ0) is 23.1. The van der Waals surface area contributed by atoms with Crippen molar-refractivity contribution >= 4 is 34.4 Å². The van der Waals surface area contributed by atoms with Crippen molar-refractivity contribution in [3.63, 3.8) is 0 Å². The molecule has 1 aliphatic carbocycles. The number of primary amides is 1. The third-order valence-electron chi connectivity index (χ3n) is 6.47. The SMILES string of the molecule is C#Cc1cccc(NC(=O)[C@@H]2[C@H]3CC[C@H](C3)N2C(=O)Cn2nc(C(N)=O)c3ccccc32)n1. The molecule has 0 unspecified atom stereocenters. The minimum atomic E-state index is -0.656. The average Bonchev–Trinajstić information content (AvgIpc) is 3.52. The Morgan fingerprint density at radius 3 is 2.76 bits per heavy atom. The Kier molecular flexibility index (Phi) is 5.05. The summed E-state index contributed by atoms with van der Waals surface area (Å²) >= 11 is 0. The van der Waals surface area contributed by atoms with Crippen LogP contribution < -0.4 is 11.1 Å². The summed E-state index contributed by atoms with van der Waals surface area (Å²) in [4.78, 5) is 44.3. The highest BCUT2D eigenvalue weighted by atomic mass is 16.2. The number of nitrogens with one attached hydrogen (secondary N) is 1. The van der Waals surface area contributed by atoms with Gasteiger partial charge in [-0.2, -0.15) is 5.10 Å². The first kappa shape index (κ1) is 20.7. The maximum Gasteiger partial charge on any atom is 0.269 e. The van der Waals surface area contributed by atoms with Crippen LogP contribution in [0.1, 0.15) is 35.4 Å². The number of para-hydroxylation sites is 1. The van der Waals surface area contributed by atoms with Gasteiger partial charge in [-0.15, -0.1) is 6.42 Å².